The van der Waals surface area contributed by atoms with Crippen LogP contribution >= 0.6 is 0 Å². The molecule has 5 rings (SSSR count). The molecule has 1 saturated carbocycles. The standard InChI is InChI=1S/C21H22N6O3/c1-12-9-19(28)24-21(22-12)27-18(11-15(25-27)13-7-8-13)23-20(29)16-10-17(30-26-16)14-5-3-2-4-6-14/h2-6,10-13,21-22H,7-9H2,1H3,(H,23,29)(H,24,28). The number of hydrogen-bond acceptors (Lipinski definition) is 6. The van der Waals surface area contributed by atoms with Gasteiger partial charge in [-0.1, -0.05) is 35.5 Å². The molecule has 3 heterocycles. The lowest BCUT2D eigenvalue weighted by molar-refractivity contribution is -0.125. The van der Waals surface area contributed by atoms with Crippen molar-refractivity contribution in [2.75, 3.05) is 5.32 Å². The van der Waals surface area contributed by atoms with E-state index in [4.69, 9.17) is 4.52 Å². The summed E-state index contributed by atoms with van der Waals surface area (Å²) in [6.07, 6.45) is 2.03. The van der Waals surface area contributed by atoms with E-state index in [1.54, 1.807) is 10.7 Å². The molecule has 2 unspecified atom stereocenters. The number of benzene rings is 1. The van der Waals surface area contributed by atoms with Crippen LogP contribution in [0.5, 0.6) is 0 Å². The van der Waals surface area contributed by atoms with Gasteiger partial charge in [-0.15, -0.1) is 0 Å². The van der Waals surface area contributed by atoms with Crippen LogP contribution in [-0.2, 0) is 4.79 Å². The third-order valence-corrected chi connectivity index (χ3v) is 5.27. The fourth-order valence-corrected chi connectivity index (χ4v) is 3.57. The summed E-state index contributed by atoms with van der Waals surface area (Å²) in [5.74, 6) is 0.951. The molecule has 2 fully saturated rings. The summed E-state index contributed by atoms with van der Waals surface area (Å²) in [4.78, 5) is 24.8. The molecule has 2 atom stereocenters. The number of aromatic nitrogens is 3. The summed E-state index contributed by atoms with van der Waals surface area (Å²) in [6, 6.07) is 12.9. The van der Waals surface area contributed by atoms with E-state index in [9.17, 15) is 9.59 Å². The molecule has 1 aromatic carbocycles. The highest BCUT2D eigenvalue weighted by Gasteiger charge is 2.32. The van der Waals surface area contributed by atoms with Crippen LogP contribution in [0, 0.1) is 0 Å². The minimum Gasteiger partial charge on any atom is -0.355 e. The first-order chi connectivity index (χ1) is 14.6. The Hall–Kier alpha value is -3.46. The predicted octanol–water partition coefficient (Wildman–Crippen LogP) is 2.62. The molecule has 0 bridgehead atoms. The first-order valence-electron chi connectivity index (χ1n) is 10.0. The van der Waals surface area contributed by atoms with Gasteiger partial charge < -0.3 is 15.2 Å². The maximum absolute atomic E-state index is 12.8. The fraction of sp³-hybridized carbons (Fsp3) is 0.333. The van der Waals surface area contributed by atoms with E-state index in [2.05, 4.69) is 26.2 Å². The van der Waals surface area contributed by atoms with E-state index in [1.165, 1.54) is 0 Å². The van der Waals surface area contributed by atoms with Crippen molar-refractivity contribution < 1.29 is 14.1 Å². The molecular weight excluding hydrogens is 384 g/mol. The van der Waals surface area contributed by atoms with E-state index in [1.807, 2.05) is 43.3 Å². The zero-order chi connectivity index (χ0) is 20.7. The van der Waals surface area contributed by atoms with Gasteiger partial charge in [0.25, 0.3) is 5.91 Å². The largest absolute Gasteiger partial charge is 0.355 e. The molecule has 2 aromatic heterocycles. The summed E-state index contributed by atoms with van der Waals surface area (Å²) in [5.41, 5.74) is 1.92. The second-order valence-corrected chi connectivity index (χ2v) is 7.81. The smallest absolute Gasteiger partial charge is 0.279 e. The molecule has 9 nitrogen and oxygen atoms in total. The van der Waals surface area contributed by atoms with E-state index in [-0.39, 0.29) is 17.6 Å². The summed E-state index contributed by atoms with van der Waals surface area (Å²) in [5, 5.41) is 17.6. The highest BCUT2D eigenvalue weighted by atomic mass is 16.5. The van der Waals surface area contributed by atoms with Crippen molar-refractivity contribution in [2.24, 2.45) is 0 Å². The number of nitrogens with one attached hydrogen (secondary N) is 3. The Morgan fingerprint density at radius 1 is 1.23 bits per heavy atom. The minimum absolute atomic E-state index is 0.00449. The highest BCUT2D eigenvalue weighted by molar-refractivity contribution is 6.02. The molecule has 2 amide bonds. The minimum atomic E-state index is -0.527. The predicted molar refractivity (Wildman–Crippen MR) is 108 cm³/mol. The monoisotopic (exact) mass is 406 g/mol. The highest BCUT2D eigenvalue weighted by Crippen LogP contribution is 2.40. The first kappa shape index (κ1) is 18.6. The lowest BCUT2D eigenvalue weighted by atomic mass is 10.1. The van der Waals surface area contributed by atoms with Crippen LogP contribution in [-0.4, -0.2) is 32.8 Å². The van der Waals surface area contributed by atoms with Gasteiger partial charge in [-0.3, -0.25) is 14.9 Å². The number of carbonyl (C=O) groups is 2. The topological polar surface area (TPSA) is 114 Å². The van der Waals surface area contributed by atoms with Crippen molar-refractivity contribution in [1.29, 1.82) is 0 Å². The summed E-state index contributed by atoms with van der Waals surface area (Å²) < 4.78 is 6.96. The van der Waals surface area contributed by atoms with Crippen LogP contribution in [0.3, 0.4) is 0 Å². The summed E-state index contributed by atoms with van der Waals surface area (Å²) in [7, 11) is 0. The Kier molecular flexibility index (Phi) is 4.59. The number of nitrogens with zero attached hydrogens (tertiary/aromatic N) is 3. The lowest BCUT2D eigenvalue weighted by Gasteiger charge is -2.30. The van der Waals surface area contributed by atoms with Crippen molar-refractivity contribution in [3.05, 3.63) is 53.9 Å². The Morgan fingerprint density at radius 3 is 2.77 bits per heavy atom. The van der Waals surface area contributed by atoms with Crippen LogP contribution in [0.2, 0.25) is 0 Å². The summed E-state index contributed by atoms with van der Waals surface area (Å²) in [6.45, 7) is 1.94. The normalized spacial score (nSPS) is 21.3. The van der Waals surface area contributed by atoms with Gasteiger partial charge in [0.1, 0.15) is 5.82 Å². The van der Waals surface area contributed by atoms with Crippen LogP contribution in [0.15, 0.2) is 47.0 Å². The van der Waals surface area contributed by atoms with Crippen LogP contribution in [0.25, 0.3) is 11.3 Å². The molecular formula is C21H22N6O3. The lowest BCUT2D eigenvalue weighted by Crippen LogP contribution is -2.52. The van der Waals surface area contributed by atoms with Gasteiger partial charge in [0.2, 0.25) is 5.91 Å². The van der Waals surface area contributed by atoms with Crippen LogP contribution in [0.1, 0.15) is 54.6 Å². The molecule has 0 radical (unpaired) electrons. The van der Waals surface area contributed by atoms with Crippen molar-refractivity contribution in [2.45, 2.75) is 44.4 Å². The quantitative estimate of drug-likeness (QED) is 0.600. The average Bonchev–Trinajstić information content (AvgIpc) is 3.31. The maximum atomic E-state index is 12.8. The van der Waals surface area contributed by atoms with Gasteiger partial charge in [0.15, 0.2) is 17.7 Å². The fourth-order valence-electron chi connectivity index (χ4n) is 3.57. The molecule has 0 spiro atoms. The molecule has 9 heteroatoms. The van der Waals surface area contributed by atoms with Crippen LogP contribution in [0.4, 0.5) is 5.82 Å². The van der Waals surface area contributed by atoms with Gasteiger partial charge in [-0.25, -0.2) is 4.68 Å². The molecule has 3 aromatic rings. The zero-order valence-electron chi connectivity index (χ0n) is 16.5. The van der Waals surface area contributed by atoms with Gasteiger partial charge in [-0.05, 0) is 19.8 Å². The number of anilines is 1. The van der Waals surface area contributed by atoms with E-state index >= 15 is 0 Å². The van der Waals surface area contributed by atoms with Gasteiger partial charge in [0, 0.05) is 36.1 Å². The number of carbonyl (C=O) groups excluding carboxylic acids is 2. The Bertz CT molecular complexity index is 1090. The van der Waals surface area contributed by atoms with Gasteiger partial charge in [0.05, 0.1) is 5.69 Å². The molecule has 30 heavy (non-hydrogen) atoms. The first-order valence-corrected chi connectivity index (χ1v) is 10.0. The Labute approximate surface area is 172 Å². The molecule has 1 saturated heterocycles. The molecule has 3 N–H and O–H groups in total. The number of amides is 2. The van der Waals surface area contributed by atoms with Crippen LogP contribution < -0.4 is 16.0 Å². The van der Waals surface area contributed by atoms with Crippen molar-refractivity contribution in [3.8, 4) is 11.3 Å². The van der Waals surface area contributed by atoms with Gasteiger partial charge >= 0.3 is 0 Å². The van der Waals surface area contributed by atoms with E-state index in [0.29, 0.717) is 23.9 Å². The molecule has 1 aliphatic carbocycles. The van der Waals surface area contributed by atoms with E-state index < -0.39 is 12.2 Å². The molecule has 1 aliphatic heterocycles. The number of rotatable bonds is 5. The molecule has 2 aliphatic rings. The number of hydrogen-bond donors (Lipinski definition) is 3. The second-order valence-electron chi connectivity index (χ2n) is 7.81. The van der Waals surface area contributed by atoms with Crippen molar-refractivity contribution in [1.82, 2.24) is 25.6 Å². The SMILES string of the molecule is CC1CC(=O)NC(n2nc(C3CC3)cc2NC(=O)c2cc(-c3ccccc3)on2)N1. The Balaban J connectivity index is 1.39. The Morgan fingerprint density at radius 2 is 2.03 bits per heavy atom. The van der Waals surface area contributed by atoms with Crippen molar-refractivity contribution >= 4 is 17.6 Å². The van der Waals surface area contributed by atoms with E-state index in [0.717, 1.165) is 24.1 Å². The molecule has 154 valence electrons. The van der Waals surface area contributed by atoms with Crippen molar-refractivity contribution in [3.63, 3.8) is 0 Å². The zero-order valence-corrected chi connectivity index (χ0v) is 16.5. The average molecular weight is 406 g/mol. The maximum Gasteiger partial charge on any atom is 0.279 e. The second kappa shape index (κ2) is 7.42. The summed E-state index contributed by atoms with van der Waals surface area (Å²) >= 11 is 0. The van der Waals surface area contributed by atoms with Gasteiger partial charge in [-0.2, -0.15) is 5.10 Å². The third kappa shape index (κ3) is 3.71. The third-order valence-electron chi connectivity index (χ3n) is 5.27.